The van der Waals surface area contributed by atoms with Crippen molar-refractivity contribution in [2.24, 2.45) is 5.92 Å². The second-order valence-corrected chi connectivity index (χ2v) is 5.33. The molecule has 1 fully saturated rings. The van der Waals surface area contributed by atoms with Crippen molar-refractivity contribution in [2.45, 2.75) is 45.1 Å². The Hall–Kier alpha value is -0.820. The van der Waals surface area contributed by atoms with Gasteiger partial charge in [0.1, 0.15) is 0 Å². The quantitative estimate of drug-likeness (QED) is 0.797. The summed E-state index contributed by atoms with van der Waals surface area (Å²) in [5.74, 6) is 1.56. The van der Waals surface area contributed by atoms with Crippen molar-refractivity contribution in [3.8, 4) is 0 Å². The highest BCUT2D eigenvalue weighted by atomic mass is 14.9. The number of likely N-dealkylation sites (N-methyl/N-ethyl adjacent to an activating group) is 1. The van der Waals surface area contributed by atoms with Gasteiger partial charge in [-0.2, -0.15) is 0 Å². The van der Waals surface area contributed by atoms with Crippen LogP contribution in [0.25, 0.3) is 0 Å². The number of hydrogen-bond donors (Lipinski definition) is 1. The van der Waals surface area contributed by atoms with Crippen molar-refractivity contribution in [2.75, 3.05) is 7.05 Å². The van der Waals surface area contributed by atoms with Crippen LogP contribution in [0.3, 0.4) is 0 Å². The Morgan fingerprint density at radius 2 is 1.81 bits per heavy atom. The molecule has 1 aliphatic carbocycles. The predicted octanol–water partition coefficient (Wildman–Crippen LogP) is 3.35. The third kappa shape index (κ3) is 2.85. The zero-order valence-electron chi connectivity index (χ0n) is 10.7. The lowest BCUT2D eigenvalue weighted by Crippen LogP contribution is -2.29. The van der Waals surface area contributed by atoms with Crippen molar-refractivity contribution >= 4 is 0 Å². The van der Waals surface area contributed by atoms with Gasteiger partial charge in [0.15, 0.2) is 0 Å². The van der Waals surface area contributed by atoms with Crippen LogP contribution in [0, 0.1) is 5.92 Å². The maximum Gasteiger partial charge on any atom is 0.0133 e. The van der Waals surface area contributed by atoms with Crippen LogP contribution in [0.5, 0.6) is 0 Å². The first-order valence-electron chi connectivity index (χ1n) is 6.47. The average Bonchev–Trinajstić information content (AvgIpc) is 3.10. The highest BCUT2D eigenvalue weighted by molar-refractivity contribution is 5.25. The second kappa shape index (κ2) is 5.01. The fourth-order valence-corrected chi connectivity index (χ4v) is 2.30. The summed E-state index contributed by atoms with van der Waals surface area (Å²) in [5, 5.41) is 3.45. The summed E-state index contributed by atoms with van der Waals surface area (Å²) in [4.78, 5) is 0. The Bertz CT molecular complexity index is 322. The van der Waals surface area contributed by atoms with Gasteiger partial charge in [0.05, 0.1) is 0 Å². The van der Waals surface area contributed by atoms with Gasteiger partial charge < -0.3 is 5.32 Å². The summed E-state index contributed by atoms with van der Waals surface area (Å²) in [7, 11) is 2.09. The van der Waals surface area contributed by atoms with E-state index in [1.54, 1.807) is 0 Å². The number of nitrogens with one attached hydrogen (secondary N) is 1. The molecule has 0 saturated heterocycles. The van der Waals surface area contributed by atoms with Crippen molar-refractivity contribution in [3.63, 3.8) is 0 Å². The zero-order chi connectivity index (χ0) is 11.5. The van der Waals surface area contributed by atoms with Gasteiger partial charge in [-0.25, -0.2) is 0 Å². The van der Waals surface area contributed by atoms with E-state index < -0.39 is 0 Å². The van der Waals surface area contributed by atoms with Crippen molar-refractivity contribution in [1.29, 1.82) is 0 Å². The highest BCUT2D eigenvalue weighted by Gasteiger charge is 2.29. The summed E-state index contributed by atoms with van der Waals surface area (Å²) in [6.45, 7) is 4.49. The van der Waals surface area contributed by atoms with Crippen LogP contribution in [0.2, 0.25) is 0 Å². The Morgan fingerprint density at radius 3 is 2.25 bits per heavy atom. The lowest BCUT2D eigenvalue weighted by Gasteiger charge is -2.15. The summed E-state index contributed by atoms with van der Waals surface area (Å²) >= 11 is 0. The van der Waals surface area contributed by atoms with E-state index >= 15 is 0 Å². The molecule has 0 heterocycles. The summed E-state index contributed by atoms with van der Waals surface area (Å²) in [6.07, 6.45) is 4.00. The molecule has 1 nitrogen and oxygen atoms in total. The molecule has 0 radical (unpaired) electrons. The van der Waals surface area contributed by atoms with Crippen LogP contribution in [0.4, 0.5) is 0 Å². The van der Waals surface area contributed by atoms with E-state index in [1.807, 2.05) is 0 Å². The largest absolute Gasteiger partial charge is 0.316 e. The maximum absolute atomic E-state index is 3.45. The smallest absolute Gasteiger partial charge is 0.0133 e. The standard InChI is InChI=1S/C15H23N/c1-11(2)13-6-4-12(5-7-13)10-15(16-3)14-8-9-14/h4-7,11,14-16H,8-10H2,1-3H3. The van der Waals surface area contributed by atoms with Crippen molar-refractivity contribution in [1.82, 2.24) is 5.32 Å². The van der Waals surface area contributed by atoms with Gasteiger partial charge in [0.25, 0.3) is 0 Å². The maximum atomic E-state index is 3.45. The van der Waals surface area contributed by atoms with E-state index in [0.717, 1.165) is 5.92 Å². The van der Waals surface area contributed by atoms with E-state index in [-0.39, 0.29) is 0 Å². The number of benzene rings is 1. The molecule has 1 aromatic rings. The van der Waals surface area contributed by atoms with E-state index in [2.05, 4.69) is 50.5 Å². The Labute approximate surface area is 99.3 Å². The van der Waals surface area contributed by atoms with E-state index in [0.29, 0.717) is 12.0 Å². The van der Waals surface area contributed by atoms with E-state index in [9.17, 15) is 0 Å². The van der Waals surface area contributed by atoms with Gasteiger partial charge >= 0.3 is 0 Å². The summed E-state index contributed by atoms with van der Waals surface area (Å²) < 4.78 is 0. The van der Waals surface area contributed by atoms with Crippen LogP contribution < -0.4 is 5.32 Å². The third-order valence-corrected chi connectivity index (χ3v) is 3.66. The minimum atomic E-state index is 0.637. The topological polar surface area (TPSA) is 12.0 Å². The predicted molar refractivity (Wildman–Crippen MR) is 69.8 cm³/mol. The highest BCUT2D eigenvalue weighted by Crippen LogP contribution is 2.34. The molecule has 0 spiro atoms. The van der Waals surface area contributed by atoms with Gasteiger partial charge in [0.2, 0.25) is 0 Å². The van der Waals surface area contributed by atoms with Crippen molar-refractivity contribution < 1.29 is 0 Å². The van der Waals surface area contributed by atoms with Gasteiger partial charge in [0, 0.05) is 6.04 Å². The molecule has 1 unspecified atom stereocenters. The molecule has 0 bridgehead atoms. The lowest BCUT2D eigenvalue weighted by atomic mass is 9.98. The fraction of sp³-hybridized carbons (Fsp3) is 0.600. The molecular weight excluding hydrogens is 194 g/mol. The average molecular weight is 217 g/mol. The molecule has 0 amide bonds. The van der Waals surface area contributed by atoms with E-state index in [1.165, 1.54) is 30.4 Å². The van der Waals surface area contributed by atoms with Gasteiger partial charge in [-0.15, -0.1) is 0 Å². The summed E-state index contributed by atoms with van der Waals surface area (Å²) in [5.41, 5.74) is 2.91. The number of hydrogen-bond acceptors (Lipinski definition) is 1. The Morgan fingerprint density at radius 1 is 1.19 bits per heavy atom. The molecule has 0 aliphatic heterocycles. The van der Waals surface area contributed by atoms with E-state index in [4.69, 9.17) is 0 Å². The molecular formula is C15H23N. The van der Waals surface area contributed by atoms with Crippen molar-refractivity contribution in [3.05, 3.63) is 35.4 Å². The second-order valence-electron chi connectivity index (χ2n) is 5.33. The molecule has 0 aromatic heterocycles. The molecule has 1 aromatic carbocycles. The van der Waals surface area contributed by atoms with Crippen LogP contribution in [-0.2, 0) is 6.42 Å². The molecule has 1 N–H and O–H groups in total. The molecule has 1 saturated carbocycles. The molecule has 1 heteroatoms. The fourth-order valence-electron chi connectivity index (χ4n) is 2.30. The van der Waals surface area contributed by atoms with Gasteiger partial charge in [-0.1, -0.05) is 38.1 Å². The SMILES string of the molecule is CNC(Cc1ccc(C(C)C)cc1)C1CC1. The Kier molecular flexibility index (Phi) is 3.65. The van der Waals surface area contributed by atoms with Gasteiger partial charge in [-0.3, -0.25) is 0 Å². The molecule has 1 aliphatic rings. The molecule has 1 atom stereocenters. The molecule has 2 rings (SSSR count). The monoisotopic (exact) mass is 217 g/mol. The minimum Gasteiger partial charge on any atom is -0.316 e. The van der Waals surface area contributed by atoms with Crippen LogP contribution in [0.1, 0.15) is 43.7 Å². The Balaban J connectivity index is 1.98. The third-order valence-electron chi connectivity index (χ3n) is 3.66. The van der Waals surface area contributed by atoms with Crippen LogP contribution in [0.15, 0.2) is 24.3 Å². The molecule has 88 valence electrons. The van der Waals surface area contributed by atoms with Gasteiger partial charge in [-0.05, 0) is 49.3 Å². The normalized spacial score (nSPS) is 17.8. The lowest BCUT2D eigenvalue weighted by molar-refractivity contribution is 0.500. The first-order valence-corrected chi connectivity index (χ1v) is 6.47. The molecule has 16 heavy (non-hydrogen) atoms. The van der Waals surface area contributed by atoms with Crippen LogP contribution >= 0.6 is 0 Å². The number of rotatable bonds is 5. The minimum absolute atomic E-state index is 0.637. The first kappa shape index (κ1) is 11.7. The van der Waals surface area contributed by atoms with Crippen LogP contribution in [-0.4, -0.2) is 13.1 Å². The summed E-state index contributed by atoms with van der Waals surface area (Å²) in [6, 6.07) is 9.83. The zero-order valence-corrected chi connectivity index (χ0v) is 10.7. The first-order chi connectivity index (χ1) is 7.70.